The Morgan fingerprint density at radius 1 is 1.28 bits per heavy atom. The highest BCUT2D eigenvalue weighted by Crippen LogP contribution is 2.25. The lowest BCUT2D eigenvalue weighted by atomic mass is 10.2. The van der Waals surface area contributed by atoms with Crippen LogP contribution >= 0.6 is 11.6 Å². The van der Waals surface area contributed by atoms with Crippen molar-refractivity contribution in [3.05, 3.63) is 52.7 Å². The van der Waals surface area contributed by atoms with Crippen molar-refractivity contribution in [1.82, 2.24) is 4.98 Å². The molecule has 0 saturated carbocycles. The Morgan fingerprint density at radius 2 is 2.11 bits per heavy atom. The van der Waals surface area contributed by atoms with Crippen LogP contribution in [0.25, 0.3) is 0 Å². The Bertz CT molecular complexity index is 543. The average Bonchev–Trinajstić information content (AvgIpc) is 2.38. The lowest BCUT2D eigenvalue weighted by Crippen LogP contribution is -2.01. The van der Waals surface area contributed by atoms with Gasteiger partial charge < -0.3 is 10.1 Å². The number of nitrogens with one attached hydrogen (secondary N) is 1. The third-order valence-electron chi connectivity index (χ3n) is 2.53. The topological polar surface area (TPSA) is 34.1 Å². The standard InChI is InChI=1S/C14H15ClN2O/c1-10-6-7-13(12(15)8-10)18-9-11-4-3-5-14(16-2)17-11/h3-8H,9H2,1-2H3,(H,16,17). The van der Waals surface area contributed by atoms with Crippen LogP contribution in [0.4, 0.5) is 5.82 Å². The molecule has 0 bridgehead atoms. The van der Waals surface area contributed by atoms with Crippen LogP contribution in [0.3, 0.4) is 0 Å². The summed E-state index contributed by atoms with van der Waals surface area (Å²) in [7, 11) is 1.84. The third-order valence-corrected chi connectivity index (χ3v) is 2.82. The molecule has 0 radical (unpaired) electrons. The maximum atomic E-state index is 6.10. The van der Waals surface area contributed by atoms with Crippen LogP contribution in [0.1, 0.15) is 11.3 Å². The van der Waals surface area contributed by atoms with Crippen LogP contribution in [0, 0.1) is 6.92 Å². The van der Waals surface area contributed by atoms with E-state index in [1.54, 1.807) is 0 Å². The Balaban J connectivity index is 2.06. The van der Waals surface area contributed by atoms with Gasteiger partial charge in [0.1, 0.15) is 18.2 Å². The normalized spacial score (nSPS) is 10.2. The summed E-state index contributed by atoms with van der Waals surface area (Å²) in [5, 5.41) is 3.62. The predicted octanol–water partition coefficient (Wildman–Crippen LogP) is 3.66. The minimum Gasteiger partial charge on any atom is -0.486 e. The van der Waals surface area contributed by atoms with Crippen molar-refractivity contribution in [2.75, 3.05) is 12.4 Å². The summed E-state index contributed by atoms with van der Waals surface area (Å²) in [5.41, 5.74) is 1.97. The number of nitrogens with zero attached hydrogens (tertiary/aromatic N) is 1. The van der Waals surface area contributed by atoms with E-state index in [0.717, 1.165) is 17.1 Å². The first-order valence-electron chi connectivity index (χ1n) is 5.71. The SMILES string of the molecule is CNc1cccc(COc2ccc(C)cc2Cl)n1. The molecule has 2 rings (SSSR count). The molecule has 0 fully saturated rings. The fraction of sp³-hybridized carbons (Fsp3) is 0.214. The maximum absolute atomic E-state index is 6.10. The van der Waals surface area contributed by atoms with Gasteiger partial charge in [-0.2, -0.15) is 0 Å². The molecule has 94 valence electrons. The highest BCUT2D eigenvalue weighted by Gasteiger charge is 2.03. The van der Waals surface area contributed by atoms with Crippen molar-refractivity contribution >= 4 is 17.4 Å². The van der Waals surface area contributed by atoms with Crippen molar-refractivity contribution in [2.24, 2.45) is 0 Å². The fourth-order valence-electron chi connectivity index (χ4n) is 1.57. The van der Waals surface area contributed by atoms with Crippen molar-refractivity contribution in [2.45, 2.75) is 13.5 Å². The van der Waals surface area contributed by atoms with Crippen molar-refractivity contribution in [3.63, 3.8) is 0 Å². The molecule has 0 unspecified atom stereocenters. The third kappa shape index (κ3) is 3.14. The molecule has 0 amide bonds. The Hall–Kier alpha value is -1.74. The Kier molecular flexibility index (Phi) is 4.05. The minimum absolute atomic E-state index is 0.401. The number of hydrogen-bond donors (Lipinski definition) is 1. The van der Waals surface area contributed by atoms with E-state index in [4.69, 9.17) is 16.3 Å². The second kappa shape index (κ2) is 5.74. The van der Waals surface area contributed by atoms with Crippen LogP contribution in [-0.4, -0.2) is 12.0 Å². The van der Waals surface area contributed by atoms with E-state index >= 15 is 0 Å². The summed E-state index contributed by atoms with van der Waals surface area (Å²) in [6, 6.07) is 11.5. The van der Waals surface area contributed by atoms with Gasteiger partial charge in [0.25, 0.3) is 0 Å². The molecular weight excluding hydrogens is 248 g/mol. The van der Waals surface area contributed by atoms with Crippen molar-refractivity contribution in [1.29, 1.82) is 0 Å². The summed E-state index contributed by atoms with van der Waals surface area (Å²) in [4.78, 5) is 4.37. The number of benzene rings is 1. The quantitative estimate of drug-likeness (QED) is 0.913. The lowest BCUT2D eigenvalue weighted by molar-refractivity contribution is 0.301. The molecule has 0 aliphatic carbocycles. The molecule has 4 heteroatoms. The van der Waals surface area contributed by atoms with E-state index in [9.17, 15) is 0 Å². The Labute approximate surface area is 112 Å². The summed E-state index contributed by atoms with van der Waals surface area (Å²) in [6.45, 7) is 2.39. The second-order valence-corrected chi connectivity index (χ2v) is 4.39. The van der Waals surface area contributed by atoms with Gasteiger partial charge in [-0.1, -0.05) is 23.7 Å². The first kappa shape index (κ1) is 12.7. The molecular formula is C14H15ClN2O. The number of ether oxygens (including phenoxy) is 1. The smallest absolute Gasteiger partial charge is 0.138 e. The lowest BCUT2D eigenvalue weighted by Gasteiger charge is -2.09. The van der Waals surface area contributed by atoms with Gasteiger partial charge in [0, 0.05) is 7.05 Å². The molecule has 1 N–H and O–H groups in total. The van der Waals surface area contributed by atoms with Crippen molar-refractivity contribution in [3.8, 4) is 5.75 Å². The molecule has 1 heterocycles. The molecule has 0 aliphatic heterocycles. The van der Waals surface area contributed by atoms with Gasteiger partial charge in [0.2, 0.25) is 0 Å². The number of aromatic nitrogens is 1. The molecule has 1 aromatic carbocycles. The van der Waals surface area contributed by atoms with E-state index in [1.165, 1.54) is 0 Å². The molecule has 0 spiro atoms. The largest absolute Gasteiger partial charge is 0.486 e. The molecule has 0 aliphatic rings. The number of hydrogen-bond acceptors (Lipinski definition) is 3. The summed E-state index contributed by atoms with van der Waals surface area (Å²) in [5.74, 6) is 1.50. The summed E-state index contributed by atoms with van der Waals surface area (Å²) < 4.78 is 5.66. The van der Waals surface area contributed by atoms with Crippen LogP contribution in [0.15, 0.2) is 36.4 Å². The van der Waals surface area contributed by atoms with Crippen LogP contribution < -0.4 is 10.1 Å². The minimum atomic E-state index is 0.401. The van der Waals surface area contributed by atoms with E-state index in [1.807, 2.05) is 50.4 Å². The van der Waals surface area contributed by atoms with Gasteiger partial charge >= 0.3 is 0 Å². The first-order valence-corrected chi connectivity index (χ1v) is 6.09. The Morgan fingerprint density at radius 3 is 2.83 bits per heavy atom. The molecule has 0 atom stereocenters. The second-order valence-electron chi connectivity index (χ2n) is 3.99. The number of pyridine rings is 1. The highest BCUT2D eigenvalue weighted by molar-refractivity contribution is 6.32. The number of rotatable bonds is 4. The monoisotopic (exact) mass is 262 g/mol. The molecule has 18 heavy (non-hydrogen) atoms. The van der Waals surface area contributed by atoms with E-state index < -0.39 is 0 Å². The average molecular weight is 263 g/mol. The molecule has 0 saturated heterocycles. The van der Waals surface area contributed by atoms with Crippen LogP contribution in [-0.2, 0) is 6.61 Å². The molecule has 1 aromatic heterocycles. The van der Waals surface area contributed by atoms with Gasteiger partial charge in [-0.15, -0.1) is 0 Å². The summed E-state index contributed by atoms with van der Waals surface area (Å²) >= 11 is 6.10. The predicted molar refractivity (Wildman–Crippen MR) is 74.3 cm³/mol. The number of anilines is 1. The van der Waals surface area contributed by atoms with Crippen LogP contribution in [0.2, 0.25) is 5.02 Å². The van der Waals surface area contributed by atoms with Crippen LogP contribution in [0.5, 0.6) is 5.75 Å². The van der Waals surface area contributed by atoms with Crippen molar-refractivity contribution < 1.29 is 4.74 Å². The first-order chi connectivity index (χ1) is 8.69. The van der Waals surface area contributed by atoms with Gasteiger partial charge in [-0.3, -0.25) is 0 Å². The van der Waals surface area contributed by atoms with Gasteiger partial charge in [-0.05, 0) is 36.8 Å². The van der Waals surface area contributed by atoms with E-state index in [0.29, 0.717) is 17.4 Å². The number of halogens is 1. The van der Waals surface area contributed by atoms with Gasteiger partial charge in [0.05, 0.1) is 10.7 Å². The zero-order valence-electron chi connectivity index (χ0n) is 10.4. The van der Waals surface area contributed by atoms with Gasteiger partial charge in [0.15, 0.2) is 0 Å². The van der Waals surface area contributed by atoms with E-state index in [2.05, 4.69) is 10.3 Å². The zero-order chi connectivity index (χ0) is 13.0. The highest BCUT2D eigenvalue weighted by atomic mass is 35.5. The molecule has 3 nitrogen and oxygen atoms in total. The number of aryl methyl sites for hydroxylation is 1. The zero-order valence-corrected chi connectivity index (χ0v) is 11.2. The molecule has 2 aromatic rings. The van der Waals surface area contributed by atoms with E-state index in [-0.39, 0.29) is 0 Å². The van der Waals surface area contributed by atoms with Gasteiger partial charge in [-0.25, -0.2) is 4.98 Å². The summed E-state index contributed by atoms with van der Waals surface area (Å²) in [6.07, 6.45) is 0. The maximum Gasteiger partial charge on any atom is 0.138 e. The fourth-order valence-corrected chi connectivity index (χ4v) is 1.86.